The minimum absolute atomic E-state index is 0.0181. The highest BCUT2D eigenvalue weighted by atomic mass is 16.6. The number of esters is 3. The summed E-state index contributed by atoms with van der Waals surface area (Å²) in [6.07, 6.45) is -0.0305. The number of ether oxygens (including phenoxy) is 9. The van der Waals surface area contributed by atoms with Gasteiger partial charge in [0.05, 0.1) is 41.2 Å². The van der Waals surface area contributed by atoms with Gasteiger partial charge < -0.3 is 63.9 Å². The maximum Gasteiger partial charge on any atom is 0.407 e. The number of alkyl carbamates (subject to hydrolysis) is 1. The van der Waals surface area contributed by atoms with Crippen LogP contribution in [-0.2, 0) is 67.4 Å². The number of unbranched alkanes of at least 4 members (excludes halogenated alkanes) is 1. The number of hydrogen-bond acceptors (Lipinski definition) is 15. The molecular formula is C47H64N4O15. The lowest BCUT2D eigenvalue weighted by molar-refractivity contribution is -0.149. The van der Waals surface area contributed by atoms with Crippen LogP contribution in [0.3, 0.4) is 0 Å². The molecule has 0 aliphatic carbocycles. The summed E-state index contributed by atoms with van der Waals surface area (Å²) in [5.41, 5.74) is 1.46. The monoisotopic (exact) mass is 924 g/mol. The number of carbonyl (C=O) groups excluding carboxylic acids is 6. The molecule has 0 spiro atoms. The molecule has 0 saturated heterocycles. The van der Waals surface area contributed by atoms with Crippen LogP contribution in [0.2, 0.25) is 0 Å². The number of amides is 4. The predicted molar refractivity (Wildman–Crippen MR) is 240 cm³/mol. The zero-order valence-corrected chi connectivity index (χ0v) is 38.6. The molecule has 0 radical (unpaired) electrons. The van der Waals surface area contributed by atoms with E-state index in [0.29, 0.717) is 41.2 Å². The second kappa shape index (κ2) is 29.8. The van der Waals surface area contributed by atoms with Crippen LogP contribution in [0.25, 0.3) is 0 Å². The molecule has 66 heavy (non-hydrogen) atoms. The van der Waals surface area contributed by atoms with Crippen LogP contribution in [0.4, 0.5) is 9.59 Å². The van der Waals surface area contributed by atoms with Crippen LogP contribution in [0.5, 0.6) is 17.2 Å². The fourth-order valence-corrected chi connectivity index (χ4v) is 5.71. The first-order valence-electron chi connectivity index (χ1n) is 21.5. The van der Waals surface area contributed by atoms with Gasteiger partial charge in [0.2, 0.25) is 5.91 Å². The summed E-state index contributed by atoms with van der Waals surface area (Å²) in [4.78, 5) is 77.2. The number of urea groups is 1. The summed E-state index contributed by atoms with van der Waals surface area (Å²) in [5, 5.41) is 10.5. The van der Waals surface area contributed by atoms with Crippen LogP contribution in [0.1, 0.15) is 69.6 Å². The SMILES string of the molecule is COc1ccc(COC(=O)CCC(NC(=O)N[C@@H](CCCCNC(=O)COCCOCCNC(=O)OC(C)(C)C)C(=O)OCc2ccc(OC)cc2)C(=O)OCc2ccc(OC)cc2)cc1. The molecule has 2 atom stereocenters. The normalized spacial score (nSPS) is 11.8. The Hall–Kier alpha value is -6.60. The number of rotatable bonds is 29. The third-order valence-electron chi connectivity index (χ3n) is 9.22. The van der Waals surface area contributed by atoms with Gasteiger partial charge in [0, 0.05) is 19.5 Å². The van der Waals surface area contributed by atoms with Crippen molar-refractivity contribution in [3.63, 3.8) is 0 Å². The van der Waals surface area contributed by atoms with Crippen molar-refractivity contribution in [2.45, 2.75) is 90.4 Å². The molecule has 0 fully saturated rings. The average Bonchev–Trinajstić information content (AvgIpc) is 3.30. The number of hydrogen-bond donors (Lipinski definition) is 4. The molecule has 0 saturated carbocycles. The second-order valence-electron chi connectivity index (χ2n) is 15.6. The molecule has 4 N–H and O–H groups in total. The summed E-state index contributed by atoms with van der Waals surface area (Å²) in [6, 6.07) is 17.4. The smallest absolute Gasteiger partial charge is 0.407 e. The minimum Gasteiger partial charge on any atom is -0.497 e. The molecule has 362 valence electrons. The molecular weight excluding hydrogens is 861 g/mol. The molecule has 1 unspecified atom stereocenters. The summed E-state index contributed by atoms with van der Waals surface area (Å²) in [7, 11) is 4.61. The summed E-state index contributed by atoms with van der Waals surface area (Å²) in [6.45, 7) is 5.98. The predicted octanol–water partition coefficient (Wildman–Crippen LogP) is 4.90. The highest BCUT2D eigenvalue weighted by Crippen LogP contribution is 2.16. The van der Waals surface area contributed by atoms with Gasteiger partial charge in [-0.3, -0.25) is 9.59 Å². The molecule has 3 rings (SSSR count). The van der Waals surface area contributed by atoms with Gasteiger partial charge in [-0.2, -0.15) is 0 Å². The summed E-state index contributed by atoms with van der Waals surface area (Å²) >= 11 is 0. The third-order valence-corrected chi connectivity index (χ3v) is 9.22. The zero-order valence-electron chi connectivity index (χ0n) is 38.6. The van der Waals surface area contributed by atoms with Gasteiger partial charge in [-0.25, -0.2) is 19.2 Å². The Morgan fingerprint density at radius 3 is 1.50 bits per heavy atom. The average molecular weight is 925 g/mol. The standard InChI is InChI=1S/C47H64N4O15/c1-47(2,3)66-46(57)49-25-26-61-27-28-62-32-41(52)48-24-8-7-9-39(43(54)64-30-34-12-18-37(59-5)19-13-34)50-45(56)51-40(44(55)65-31-35-14-20-38(60-6)21-15-35)22-23-42(53)63-29-33-10-16-36(58-4)17-11-33/h10-21,39-40H,7-9,22-32H2,1-6H3,(H,48,52)(H,49,57)(H2,50,51,56)/t39-,40?/m0/s1. The second-order valence-corrected chi connectivity index (χ2v) is 15.6. The van der Waals surface area contributed by atoms with E-state index >= 15 is 0 Å². The highest BCUT2D eigenvalue weighted by Gasteiger charge is 2.28. The number of nitrogens with one attached hydrogen (secondary N) is 4. The zero-order chi connectivity index (χ0) is 48.2. The Morgan fingerprint density at radius 2 is 1.02 bits per heavy atom. The molecule has 0 aliphatic heterocycles. The van der Waals surface area contributed by atoms with E-state index in [9.17, 15) is 28.8 Å². The van der Waals surface area contributed by atoms with Gasteiger partial charge in [-0.05, 0) is 99.5 Å². The van der Waals surface area contributed by atoms with Gasteiger partial charge in [-0.15, -0.1) is 0 Å². The van der Waals surface area contributed by atoms with Gasteiger partial charge in [0.25, 0.3) is 0 Å². The van der Waals surface area contributed by atoms with Gasteiger partial charge in [0.1, 0.15) is 61.4 Å². The Kier molecular flexibility index (Phi) is 24.2. The maximum absolute atomic E-state index is 13.5. The van der Waals surface area contributed by atoms with Gasteiger partial charge >= 0.3 is 30.0 Å². The lowest BCUT2D eigenvalue weighted by Gasteiger charge is -2.21. The first-order chi connectivity index (χ1) is 31.7. The first-order valence-corrected chi connectivity index (χ1v) is 21.5. The molecule has 0 aliphatic rings. The molecule has 0 aromatic heterocycles. The van der Waals surface area contributed by atoms with Crippen LogP contribution < -0.4 is 35.5 Å². The van der Waals surface area contributed by atoms with E-state index in [0.717, 1.165) is 5.56 Å². The highest BCUT2D eigenvalue weighted by molar-refractivity contribution is 5.87. The molecule has 0 heterocycles. The lowest BCUT2D eigenvalue weighted by atomic mass is 10.1. The topological polar surface area (TPSA) is 234 Å². The summed E-state index contributed by atoms with van der Waals surface area (Å²) in [5.74, 6) is -0.640. The lowest BCUT2D eigenvalue weighted by Crippen LogP contribution is -2.51. The van der Waals surface area contributed by atoms with E-state index < -0.39 is 47.7 Å². The fraction of sp³-hybridized carbons (Fsp3) is 0.489. The van der Waals surface area contributed by atoms with Crippen LogP contribution in [-0.4, -0.2) is 114 Å². The number of carbonyl (C=O) groups is 6. The van der Waals surface area contributed by atoms with Crippen LogP contribution >= 0.6 is 0 Å². The van der Waals surface area contributed by atoms with E-state index in [1.807, 2.05) is 0 Å². The molecule has 19 heteroatoms. The molecule has 19 nitrogen and oxygen atoms in total. The maximum atomic E-state index is 13.5. The van der Waals surface area contributed by atoms with Crippen LogP contribution in [0, 0.1) is 0 Å². The quantitative estimate of drug-likeness (QED) is 0.0412. The fourth-order valence-electron chi connectivity index (χ4n) is 5.71. The molecule has 4 amide bonds. The van der Waals surface area contributed by atoms with E-state index in [1.165, 1.54) is 14.2 Å². The Balaban J connectivity index is 1.54. The van der Waals surface area contributed by atoms with Crippen molar-refractivity contribution in [3.05, 3.63) is 89.5 Å². The Labute approximate surface area is 385 Å². The third kappa shape index (κ3) is 22.8. The molecule has 0 bridgehead atoms. The Bertz CT molecular complexity index is 1940. The van der Waals surface area contributed by atoms with Crippen LogP contribution in [0.15, 0.2) is 72.8 Å². The minimum atomic E-state index is -1.31. The van der Waals surface area contributed by atoms with Gasteiger partial charge in [-0.1, -0.05) is 36.4 Å². The van der Waals surface area contributed by atoms with Crippen molar-refractivity contribution < 1.29 is 71.4 Å². The number of benzene rings is 3. The van der Waals surface area contributed by atoms with E-state index in [1.54, 1.807) is 101 Å². The van der Waals surface area contributed by atoms with Gasteiger partial charge in [0.15, 0.2) is 0 Å². The van der Waals surface area contributed by atoms with E-state index in [4.69, 9.17) is 42.6 Å². The summed E-state index contributed by atoms with van der Waals surface area (Å²) < 4.78 is 48.0. The molecule has 3 aromatic carbocycles. The first kappa shape index (κ1) is 53.7. The number of methoxy groups -OCH3 is 3. The molecule has 3 aromatic rings. The van der Waals surface area contributed by atoms with Crippen molar-refractivity contribution in [1.29, 1.82) is 0 Å². The van der Waals surface area contributed by atoms with E-state index in [-0.39, 0.29) is 84.5 Å². The Morgan fingerprint density at radius 1 is 0.545 bits per heavy atom. The van der Waals surface area contributed by atoms with Crippen molar-refractivity contribution >= 4 is 35.9 Å². The van der Waals surface area contributed by atoms with Crippen molar-refractivity contribution in [2.24, 2.45) is 0 Å². The largest absolute Gasteiger partial charge is 0.497 e. The van der Waals surface area contributed by atoms with Crippen molar-refractivity contribution in [1.82, 2.24) is 21.3 Å². The van der Waals surface area contributed by atoms with E-state index in [2.05, 4.69) is 21.3 Å². The van der Waals surface area contributed by atoms with Crippen molar-refractivity contribution in [2.75, 3.05) is 60.8 Å². The van der Waals surface area contributed by atoms with Crippen molar-refractivity contribution in [3.8, 4) is 17.2 Å².